The van der Waals surface area contributed by atoms with E-state index in [0.717, 1.165) is 33.1 Å². The number of aromatic nitrogens is 3. The predicted octanol–water partition coefficient (Wildman–Crippen LogP) is 3.89. The van der Waals surface area contributed by atoms with Gasteiger partial charge in [0, 0.05) is 48.4 Å². The molecule has 0 aliphatic carbocycles. The topological polar surface area (TPSA) is 51.9 Å². The highest BCUT2D eigenvalue weighted by Crippen LogP contribution is 2.38. The number of thioether (sulfide) groups is 1. The Balaban J connectivity index is 1.53. The Labute approximate surface area is 163 Å². The Morgan fingerprint density at radius 1 is 1.30 bits per heavy atom. The van der Waals surface area contributed by atoms with Crippen LogP contribution in [0.5, 0.6) is 0 Å². The highest BCUT2D eigenvalue weighted by Gasteiger charge is 2.26. The lowest BCUT2D eigenvalue weighted by Crippen LogP contribution is -2.28. The second-order valence-corrected chi connectivity index (χ2v) is 8.30. The van der Waals surface area contributed by atoms with Gasteiger partial charge in [0.25, 0.3) is 5.91 Å². The Kier molecular flexibility index (Phi) is 5.31. The first-order valence-electron chi connectivity index (χ1n) is 8.59. The molecule has 4 heterocycles. The smallest absolute Gasteiger partial charge is 0.319 e. The Hall–Kier alpha value is -2.13. The van der Waals surface area contributed by atoms with Crippen LogP contribution in [0.4, 0.5) is 8.78 Å². The van der Waals surface area contributed by atoms with E-state index in [9.17, 15) is 13.6 Å². The summed E-state index contributed by atoms with van der Waals surface area (Å²) in [5.41, 5.74) is 1.83. The van der Waals surface area contributed by atoms with Crippen LogP contribution in [0.1, 0.15) is 33.2 Å². The van der Waals surface area contributed by atoms with Crippen LogP contribution in [-0.2, 0) is 18.6 Å². The van der Waals surface area contributed by atoms with Gasteiger partial charge in [0.1, 0.15) is 10.8 Å². The van der Waals surface area contributed by atoms with E-state index in [1.807, 2.05) is 40.9 Å². The van der Waals surface area contributed by atoms with Gasteiger partial charge >= 0.3 is 6.55 Å². The fourth-order valence-electron chi connectivity index (χ4n) is 3.20. The fourth-order valence-corrected chi connectivity index (χ4v) is 5.64. The summed E-state index contributed by atoms with van der Waals surface area (Å²) < 4.78 is 28.6. The molecule has 0 atom stereocenters. The number of alkyl halides is 2. The summed E-state index contributed by atoms with van der Waals surface area (Å²) in [5.74, 6) is 2.03. The highest BCUT2D eigenvalue weighted by atomic mass is 32.2. The van der Waals surface area contributed by atoms with Gasteiger partial charge in [-0.3, -0.25) is 9.36 Å². The third kappa shape index (κ3) is 3.66. The van der Waals surface area contributed by atoms with Crippen molar-refractivity contribution in [1.82, 2.24) is 19.4 Å². The van der Waals surface area contributed by atoms with E-state index in [2.05, 4.69) is 10.3 Å². The molecule has 1 aliphatic rings. The number of hydrogen-bond donors (Lipinski definition) is 1. The van der Waals surface area contributed by atoms with Crippen molar-refractivity contribution in [3.05, 3.63) is 58.7 Å². The van der Waals surface area contributed by atoms with Crippen molar-refractivity contribution >= 4 is 29.0 Å². The van der Waals surface area contributed by atoms with Gasteiger partial charge in [0.15, 0.2) is 0 Å². The maximum absolute atomic E-state index is 12.9. The van der Waals surface area contributed by atoms with Crippen LogP contribution in [0.2, 0.25) is 0 Å². The molecular formula is C18H18F2N4OS2. The van der Waals surface area contributed by atoms with Crippen molar-refractivity contribution in [3.63, 3.8) is 0 Å². The van der Waals surface area contributed by atoms with Gasteiger partial charge in [-0.05, 0) is 29.9 Å². The minimum Gasteiger partial charge on any atom is -0.351 e. The van der Waals surface area contributed by atoms with Crippen molar-refractivity contribution in [2.45, 2.75) is 25.1 Å². The molecule has 0 unspecified atom stereocenters. The van der Waals surface area contributed by atoms with E-state index in [1.165, 1.54) is 17.3 Å². The molecule has 0 saturated carbocycles. The van der Waals surface area contributed by atoms with E-state index in [0.29, 0.717) is 5.56 Å². The normalized spacial score (nSPS) is 13.7. The quantitative estimate of drug-likeness (QED) is 0.673. The Bertz CT molecular complexity index is 933. The van der Waals surface area contributed by atoms with Crippen molar-refractivity contribution in [2.24, 2.45) is 0 Å². The molecule has 3 aromatic heterocycles. The third-order valence-corrected chi connectivity index (χ3v) is 6.87. The first kappa shape index (κ1) is 18.2. The fraction of sp³-hybridized carbons (Fsp3) is 0.333. The van der Waals surface area contributed by atoms with Gasteiger partial charge in [-0.1, -0.05) is 0 Å². The van der Waals surface area contributed by atoms with Crippen LogP contribution in [0.3, 0.4) is 0 Å². The molecule has 0 spiro atoms. The largest absolute Gasteiger partial charge is 0.351 e. The second kappa shape index (κ2) is 7.85. The molecule has 0 radical (unpaired) electrons. The summed E-state index contributed by atoms with van der Waals surface area (Å²) in [6.45, 7) is -2.37. The van der Waals surface area contributed by atoms with E-state index < -0.39 is 6.55 Å². The highest BCUT2D eigenvalue weighted by molar-refractivity contribution is 7.98. The van der Waals surface area contributed by atoms with Crippen LogP contribution in [0, 0.1) is 0 Å². The summed E-state index contributed by atoms with van der Waals surface area (Å²) in [4.78, 5) is 18.1. The van der Waals surface area contributed by atoms with E-state index in [4.69, 9.17) is 0 Å². The number of carbonyl (C=O) groups excluding carboxylic acids is 1. The Morgan fingerprint density at radius 3 is 2.89 bits per heavy atom. The number of rotatable bonds is 6. The molecule has 5 nitrogen and oxygen atoms in total. The molecule has 0 fully saturated rings. The van der Waals surface area contributed by atoms with Crippen LogP contribution in [0.25, 0.3) is 5.00 Å². The number of amides is 1. The molecule has 27 heavy (non-hydrogen) atoms. The molecule has 1 amide bonds. The molecule has 9 heteroatoms. The summed E-state index contributed by atoms with van der Waals surface area (Å²) in [7, 11) is 0. The summed E-state index contributed by atoms with van der Waals surface area (Å²) in [6, 6.07) is 3.86. The van der Waals surface area contributed by atoms with Crippen molar-refractivity contribution < 1.29 is 13.6 Å². The lowest BCUT2D eigenvalue weighted by molar-refractivity contribution is 0.0670. The van der Waals surface area contributed by atoms with Gasteiger partial charge in [-0.2, -0.15) is 20.5 Å². The maximum Gasteiger partial charge on any atom is 0.319 e. The molecule has 0 aromatic carbocycles. The number of halogens is 2. The molecule has 3 aromatic rings. The van der Waals surface area contributed by atoms with E-state index in [1.54, 1.807) is 11.3 Å². The molecule has 142 valence electrons. The van der Waals surface area contributed by atoms with Crippen LogP contribution < -0.4 is 5.32 Å². The summed E-state index contributed by atoms with van der Waals surface area (Å²) >= 11 is 3.53. The zero-order valence-corrected chi connectivity index (χ0v) is 16.0. The zero-order chi connectivity index (χ0) is 18.8. The third-order valence-electron chi connectivity index (χ3n) is 4.46. The minimum atomic E-state index is -2.63. The summed E-state index contributed by atoms with van der Waals surface area (Å²) in [5, 5.41) is 3.81. The minimum absolute atomic E-state index is 0.154. The first-order valence-corrected chi connectivity index (χ1v) is 10.6. The van der Waals surface area contributed by atoms with Gasteiger partial charge in [0.2, 0.25) is 0 Å². The lowest BCUT2D eigenvalue weighted by atomic mass is 10.1. The van der Waals surface area contributed by atoms with Crippen LogP contribution in [-0.4, -0.2) is 32.3 Å². The number of thiophene rings is 1. The van der Waals surface area contributed by atoms with Crippen molar-refractivity contribution in [1.29, 1.82) is 0 Å². The molecule has 4 rings (SSSR count). The van der Waals surface area contributed by atoms with Crippen molar-refractivity contribution in [2.75, 3.05) is 12.3 Å². The predicted molar refractivity (Wildman–Crippen MR) is 103 cm³/mol. The van der Waals surface area contributed by atoms with E-state index >= 15 is 0 Å². The number of nitrogens with one attached hydrogen (secondary N) is 1. The van der Waals surface area contributed by atoms with Crippen LogP contribution >= 0.6 is 23.1 Å². The first-order chi connectivity index (χ1) is 13.1. The molecule has 0 saturated heterocycles. The van der Waals surface area contributed by atoms with Gasteiger partial charge < -0.3 is 9.88 Å². The molecule has 1 N–H and O–H groups in total. The maximum atomic E-state index is 12.9. The lowest BCUT2D eigenvalue weighted by Gasteiger charge is -2.13. The number of fused-ring (bicyclic) bond motifs is 1. The number of imidazole rings is 1. The molecular weight excluding hydrogens is 390 g/mol. The molecule has 1 aliphatic heterocycles. The number of nitrogens with zero attached hydrogens (tertiary/aromatic N) is 3. The zero-order valence-electron chi connectivity index (χ0n) is 14.4. The Morgan fingerprint density at radius 2 is 2.11 bits per heavy atom. The SMILES string of the molecule is O=C(NCCc1nccn1C(F)F)c1c(-n2cccc2)sc2c1CCSC2. The molecule has 0 bridgehead atoms. The number of carbonyl (C=O) groups is 1. The van der Waals surface area contributed by atoms with Gasteiger partial charge in [-0.25, -0.2) is 4.98 Å². The average Bonchev–Trinajstić information content (AvgIpc) is 3.39. The summed E-state index contributed by atoms with van der Waals surface area (Å²) in [6.07, 6.45) is 7.58. The average molecular weight is 408 g/mol. The number of hydrogen-bond acceptors (Lipinski definition) is 4. The van der Waals surface area contributed by atoms with Crippen molar-refractivity contribution in [3.8, 4) is 5.00 Å². The van der Waals surface area contributed by atoms with Gasteiger partial charge in [-0.15, -0.1) is 11.3 Å². The van der Waals surface area contributed by atoms with Gasteiger partial charge in [0.05, 0.1) is 5.56 Å². The standard InChI is InChI=1S/C18H18F2N4OS2/c19-18(20)24-9-6-21-14(24)3-5-22-16(25)15-12-4-10-26-11-13(12)27-17(15)23-7-1-2-8-23/h1-2,6-9,18H,3-5,10-11H2,(H,22,25). The van der Waals surface area contributed by atoms with Crippen LogP contribution in [0.15, 0.2) is 36.9 Å². The monoisotopic (exact) mass is 408 g/mol. The van der Waals surface area contributed by atoms with E-state index in [-0.39, 0.29) is 24.7 Å². The second-order valence-electron chi connectivity index (χ2n) is 6.11.